The molecule has 0 radical (unpaired) electrons. The Morgan fingerprint density at radius 3 is 2.65 bits per heavy atom. The van der Waals surface area contributed by atoms with E-state index in [1.807, 2.05) is 13.0 Å². The number of nitriles is 1. The molecule has 102 valence electrons. The van der Waals surface area contributed by atoms with Gasteiger partial charge in [-0.1, -0.05) is 29.3 Å². The normalized spacial score (nSPS) is 11.8. The topological polar surface area (TPSA) is 48.7 Å². The Labute approximate surface area is 126 Å². The minimum absolute atomic E-state index is 0.147. The Morgan fingerprint density at radius 1 is 1.25 bits per heavy atom. The summed E-state index contributed by atoms with van der Waals surface area (Å²) in [6, 6.07) is 9.18. The number of nitrogens with one attached hydrogen (secondary N) is 1. The van der Waals surface area contributed by atoms with Gasteiger partial charge < -0.3 is 5.32 Å². The van der Waals surface area contributed by atoms with Gasteiger partial charge in [-0.15, -0.1) is 0 Å². The van der Waals surface area contributed by atoms with Crippen molar-refractivity contribution in [2.24, 2.45) is 0 Å². The first-order valence-corrected chi connectivity index (χ1v) is 6.55. The lowest BCUT2D eigenvalue weighted by atomic mass is 10.1. The van der Waals surface area contributed by atoms with E-state index in [-0.39, 0.29) is 17.6 Å². The van der Waals surface area contributed by atoms with Crippen molar-refractivity contribution in [3.05, 3.63) is 57.5 Å². The van der Waals surface area contributed by atoms with Crippen molar-refractivity contribution in [1.29, 1.82) is 5.26 Å². The molecule has 0 saturated heterocycles. The molecule has 0 bridgehead atoms. The van der Waals surface area contributed by atoms with Crippen LogP contribution in [0, 0.1) is 17.1 Å². The third-order valence-corrected chi connectivity index (χ3v) is 3.38. The lowest BCUT2D eigenvalue weighted by Gasteiger charge is -2.16. The fourth-order valence-corrected chi connectivity index (χ4v) is 2.23. The smallest absolute Gasteiger partial charge is 0.161 e. The Kier molecular flexibility index (Phi) is 4.43. The number of hydrogen-bond acceptors (Lipinski definition) is 3. The van der Waals surface area contributed by atoms with Crippen LogP contribution in [0.5, 0.6) is 0 Å². The van der Waals surface area contributed by atoms with Crippen LogP contribution in [0.3, 0.4) is 0 Å². The van der Waals surface area contributed by atoms with E-state index in [1.54, 1.807) is 18.2 Å². The first-order chi connectivity index (χ1) is 9.51. The van der Waals surface area contributed by atoms with Gasteiger partial charge in [0.1, 0.15) is 17.7 Å². The molecule has 1 aromatic carbocycles. The summed E-state index contributed by atoms with van der Waals surface area (Å²) < 4.78 is 13.0. The second-order valence-corrected chi connectivity index (χ2v) is 4.98. The van der Waals surface area contributed by atoms with Crippen LogP contribution in [-0.4, -0.2) is 4.98 Å². The average molecular weight is 310 g/mol. The third kappa shape index (κ3) is 3.19. The summed E-state index contributed by atoms with van der Waals surface area (Å²) in [6.45, 7) is 1.86. The summed E-state index contributed by atoms with van der Waals surface area (Å²) in [5, 5.41) is 12.6. The highest BCUT2D eigenvalue weighted by Gasteiger charge is 2.12. The molecule has 0 amide bonds. The molecular weight excluding hydrogens is 300 g/mol. The first-order valence-electron chi connectivity index (χ1n) is 5.79. The average Bonchev–Trinajstić information content (AvgIpc) is 2.40. The number of pyridine rings is 1. The van der Waals surface area contributed by atoms with E-state index in [4.69, 9.17) is 28.5 Å². The molecular formula is C14H10Cl2FN3. The monoisotopic (exact) mass is 309 g/mol. The maximum Gasteiger partial charge on any atom is 0.161 e. The van der Waals surface area contributed by atoms with E-state index in [0.717, 1.165) is 5.56 Å². The SMILES string of the molecule is CC(Nc1ccc(Cl)c(C#N)n1)c1ccc(F)cc1Cl. The first kappa shape index (κ1) is 14.6. The summed E-state index contributed by atoms with van der Waals surface area (Å²) in [7, 11) is 0. The molecule has 1 heterocycles. The van der Waals surface area contributed by atoms with Gasteiger partial charge in [-0.3, -0.25) is 0 Å². The highest BCUT2D eigenvalue weighted by atomic mass is 35.5. The van der Waals surface area contributed by atoms with Crippen molar-refractivity contribution < 1.29 is 4.39 Å². The maximum atomic E-state index is 13.0. The predicted octanol–water partition coefficient (Wildman–Crippen LogP) is 4.57. The second kappa shape index (κ2) is 6.08. The van der Waals surface area contributed by atoms with Gasteiger partial charge in [0.15, 0.2) is 5.69 Å². The fourth-order valence-electron chi connectivity index (χ4n) is 1.75. The number of rotatable bonds is 3. The van der Waals surface area contributed by atoms with Crippen molar-refractivity contribution in [2.45, 2.75) is 13.0 Å². The van der Waals surface area contributed by atoms with E-state index in [1.165, 1.54) is 12.1 Å². The van der Waals surface area contributed by atoms with E-state index >= 15 is 0 Å². The Hall–Kier alpha value is -1.83. The number of hydrogen-bond donors (Lipinski definition) is 1. The van der Waals surface area contributed by atoms with Gasteiger partial charge in [0, 0.05) is 5.02 Å². The molecule has 0 saturated carbocycles. The number of anilines is 1. The molecule has 20 heavy (non-hydrogen) atoms. The highest BCUT2D eigenvalue weighted by Crippen LogP contribution is 2.26. The standard InChI is InChI=1S/C14H10Cl2FN3/c1-8(10-3-2-9(17)6-12(10)16)19-14-5-4-11(15)13(7-18)20-14/h2-6,8H,1H3,(H,19,20). The quantitative estimate of drug-likeness (QED) is 0.903. The van der Waals surface area contributed by atoms with Gasteiger partial charge in [0.2, 0.25) is 0 Å². The van der Waals surface area contributed by atoms with E-state index < -0.39 is 0 Å². The van der Waals surface area contributed by atoms with Crippen LogP contribution >= 0.6 is 23.2 Å². The van der Waals surface area contributed by atoms with Crippen molar-refractivity contribution in [1.82, 2.24) is 4.98 Å². The van der Waals surface area contributed by atoms with E-state index in [2.05, 4.69) is 10.3 Å². The van der Waals surface area contributed by atoms with Crippen LogP contribution in [0.1, 0.15) is 24.2 Å². The molecule has 1 atom stereocenters. The Balaban J connectivity index is 2.23. The van der Waals surface area contributed by atoms with Gasteiger partial charge in [0.25, 0.3) is 0 Å². The van der Waals surface area contributed by atoms with Crippen LogP contribution < -0.4 is 5.32 Å². The van der Waals surface area contributed by atoms with Crippen LogP contribution in [0.15, 0.2) is 30.3 Å². The van der Waals surface area contributed by atoms with Crippen molar-refractivity contribution in [2.75, 3.05) is 5.32 Å². The minimum atomic E-state index is -0.387. The molecule has 0 aliphatic carbocycles. The zero-order valence-electron chi connectivity index (χ0n) is 10.5. The van der Waals surface area contributed by atoms with Gasteiger partial charge in [0.05, 0.1) is 11.1 Å². The van der Waals surface area contributed by atoms with Crippen LogP contribution in [0.25, 0.3) is 0 Å². The van der Waals surface area contributed by atoms with Crippen molar-refractivity contribution in [3.63, 3.8) is 0 Å². The van der Waals surface area contributed by atoms with Crippen molar-refractivity contribution in [3.8, 4) is 6.07 Å². The molecule has 0 spiro atoms. The number of halogens is 3. The molecule has 1 unspecified atom stereocenters. The molecule has 1 aromatic heterocycles. The molecule has 3 nitrogen and oxygen atoms in total. The molecule has 2 aromatic rings. The molecule has 2 rings (SSSR count). The lowest BCUT2D eigenvalue weighted by molar-refractivity contribution is 0.626. The highest BCUT2D eigenvalue weighted by molar-refractivity contribution is 6.31. The molecule has 6 heteroatoms. The molecule has 0 aliphatic heterocycles. The van der Waals surface area contributed by atoms with Gasteiger partial charge in [-0.25, -0.2) is 9.37 Å². The number of aromatic nitrogens is 1. The predicted molar refractivity (Wildman–Crippen MR) is 77.4 cm³/mol. The summed E-state index contributed by atoms with van der Waals surface area (Å²) in [5.74, 6) is 0.112. The van der Waals surface area contributed by atoms with Gasteiger partial charge in [-0.2, -0.15) is 5.26 Å². The summed E-state index contributed by atoms with van der Waals surface area (Å²) in [5.41, 5.74) is 0.886. The summed E-state index contributed by atoms with van der Waals surface area (Å²) in [4.78, 5) is 4.08. The van der Waals surface area contributed by atoms with E-state index in [0.29, 0.717) is 15.9 Å². The molecule has 0 fully saturated rings. The van der Waals surface area contributed by atoms with E-state index in [9.17, 15) is 4.39 Å². The lowest BCUT2D eigenvalue weighted by Crippen LogP contribution is -2.09. The van der Waals surface area contributed by atoms with Gasteiger partial charge in [-0.05, 0) is 36.8 Å². The Bertz CT molecular complexity index is 683. The molecule has 1 N–H and O–H groups in total. The Morgan fingerprint density at radius 2 is 2.00 bits per heavy atom. The van der Waals surface area contributed by atoms with Crippen LogP contribution in [0.2, 0.25) is 10.0 Å². The third-order valence-electron chi connectivity index (χ3n) is 2.75. The minimum Gasteiger partial charge on any atom is -0.363 e. The second-order valence-electron chi connectivity index (χ2n) is 4.17. The molecule has 0 aliphatic rings. The zero-order chi connectivity index (χ0) is 14.7. The number of benzene rings is 1. The summed E-state index contributed by atoms with van der Waals surface area (Å²) >= 11 is 11.8. The maximum absolute atomic E-state index is 13.0. The van der Waals surface area contributed by atoms with Crippen LogP contribution in [-0.2, 0) is 0 Å². The largest absolute Gasteiger partial charge is 0.363 e. The fraction of sp³-hybridized carbons (Fsp3) is 0.143. The van der Waals surface area contributed by atoms with Crippen molar-refractivity contribution >= 4 is 29.0 Å². The summed E-state index contributed by atoms with van der Waals surface area (Å²) in [6.07, 6.45) is 0. The number of nitrogens with zero attached hydrogens (tertiary/aromatic N) is 2. The van der Waals surface area contributed by atoms with Gasteiger partial charge >= 0.3 is 0 Å². The van der Waals surface area contributed by atoms with Crippen LogP contribution in [0.4, 0.5) is 10.2 Å². The zero-order valence-corrected chi connectivity index (χ0v) is 12.0.